The third-order valence-corrected chi connectivity index (χ3v) is 5.02. The molecule has 0 bridgehead atoms. The lowest BCUT2D eigenvalue weighted by Gasteiger charge is -2.35. The molecule has 140 valence electrons. The van der Waals surface area contributed by atoms with Crippen molar-refractivity contribution in [2.75, 3.05) is 51.3 Å². The molecule has 2 fully saturated rings. The van der Waals surface area contributed by atoms with Crippen LogP contribution in [-0.4, -0.2) is 74.0 Å². The second-order valence-corrected chi connectivity index (χ2v) is 6.96. The molecule has 0 saturated carbocycles. The van der Waals surface area contributed by atoms with Crippen LogP contribution < -0.4 is 4.90 Å². The summed E-state index contributed by atoms with van der Waals surface area (Å²) in [4.78, 5) is 42.1. The summed E-state index contributed by atoms with van der Waals surface area (Å²) in [5, 5.41) is 0.564. The van der Waals surface area contributed by atoms with E-state index < -0.39 is 0 Å². The lowest BCUT2D eigenvalue weighted by molar-refractivity contribution is -0.140. The van der Waals surface area contributed by atoms with E-state index in [0.29, 0.717) is 37.8 Å². The molecule has 0 radical (unpaired) electrons. The van der Waals surface area contributed by atoms with Gasteiger partial charge in [-0.05, 0) is 18.2 Å². The summed E-state index contributed by atoms with van der Waals surface area (Å²) < 4.78 is 4.99. The average molecular weight is 380 g/mol. The first-order valence-corrected chi connectivity index (χ1v) is 8.99. The van der Waals surface area contributed by atoms with Crippen molar-refractivity contribution in [1.29, 1.82) is 0 Å². The summed E-state index contributed by atoms with van der Waals surface area (Å²) in [6, 6.07) is 7.10. The number of rotatable bonds is 5. The van der Waals surface area contributed by atoms with Crippen molar-refractivity contribution in [3.63, 3.8) is 0 Å². The molecule has 2 aliphatic rings. The first-order chi connectivity index (χ1) is 12.5. The minimum Gasteiger partial charge on any atom is -0.383 e. The fourth-order valence-corrected chi connectivity index (χ4v) is 3.58. The van der Waals surface area contributed by atoms with Gasteiger partial charge in [0.25, 0.3) is 0 Å². The number of piperazine rings is 1. The van der Waals surface area contributed by atoms with Crippen LogP contribution in [0.25, 0.3) is 0 Å². The van der Waals surface area contributed by atoms with E-state index in [1.807, 2.05) is 6.07 Å². The number of hydrogen-bond acceptors (Lipinski definition) is 4. The van der Waals surface area contributed by atoms with Crippen molar-refractivity contribution >= 4 is 35.0 Å². The summed E-state index contributed by atoms with van der Waals surface area (Å²) in [7, 11) is 1.58. The number of ether oxygens (including phenoxy) is 1. The van der Waals surface area contributed by atoms with E-state index >= 15 is 0 Å². The largest absolute Gasteiger partial charge is 0.383 e. The maximum absolute atomic E-state index is 12.7. The van der Waals surface area contributed by atoms with E-state index in [4.69, 9.17) is 16.3 Å². The highest BCUT2D eigenvalue weighted by Crippen LogP contribution is 2.24. The van der Waals surface area contributed by atoms with Crippen molar-refractivity contribution in [3.8, 4) is 0 Å². The Kier molecular flexibility index (Phi) is 5.78. The molecule has 26 heavy (non-hydrogen) atoms. The van der Waals surface area contributed by atoms with Crippen molar-refractivity contribution in [3.05, 3.63) is 29.3 Å². The summed E-state index contributed by atoms with van der Waals surface area (Å²) in [5.74, 6) is -0.695. The molecule has 2 aliphatic heterocycles. The molecule has 0 aromatic heterocycles. The Morgan fingerprint density at radius 1 is 1.27 bits per heavy atom. The molecular weight excluding hydrogens is 358 g/mol. The smallest absolute Gasteiger partial charge is 0.246 e. The number of carbonyl (C=O) groups excluding carboxylic acids is 3. The van der Waals surface area contributed by atoms with Gasteiger partial charge in [-0.3, -0.25) is 14.4 Å². The van der Waals surface area contributed by atoms with Crippen LogP contribution in [0.4, 0.5) is 5.69 Å². The molecular formula is C18H22ClN3O4. The molecule has 0 N–H and O–H groups in total. The molecule has 3 rings (SSSR count). The van der Waals surface area contributed by atoms with Crippen LogP contribution in [0.3, 0.4) is 0 Å². The van der Waals surface area contributed by atoms with Crippen molar-refractivity contribution in [1.82, 2.24) is 9.80 Å². The maximum Gasteiger partial charge on any atom is 0.246 e. The molecule has 3 amide bonds. The van der Waals surface area contributed by atoms with E-state index in [2.05, 4.69) is 0 Å². The van der Waals surface area contributed by atoms with E-state index in [0.717, 1.165) is 5.69 Å². The highest BCUT2D eigenvalue weighted by atomic mass is 35.5. The number of anilines is 1. The number of hydrogen-bond donors (Lipinski definition) is 0. The quantitative estimate of drug-likeness (QED) is 0.765. The minimum absolute atomic E-state index is 0.0219. The van der Waals surface area contributed by atoms with Gasteiger partial charge in [-0.15, -0.1) is 0 Å². The van der Waals surface area contributed by atoms with Gasteiger partial charge in [-0.2, -0.15) is 0 Å². The van der Waals surface area contributed by atoms with Gasteiger partial charge < -0.3 is 19.4 Å². The molecule has 2 saturated heterocycles. The van der Waals surface area contributed by atoms with E-state index in [1.54, 1.807) is 40.0 Å². The van der Waals surface area contributed by atoms with Crippen LogP contribution in [0.1, 0.15) is 6.42 Å². The van der Waals surface area contributed by atoms with Crippen LogP contribution in [0.5, 0.6) is 0 Å². The van der Waals surface area contributed by atoms with E-state index in [9.17, 15) is 14.4 Å². The lowest BCUT2D eigenvalue weighted by Crippen LogP contribution is -2.54. The summed E-state index contributed by atoms with van der Waals surface area (Å²) in [6.45, 7) is 2.21. The molecule has 1 atom stereocenters. The standard InChI is InChI=1S/C18H22ClN3O4/c1-26-8-7-20-11-13(9-16(20)23)18(25)21-5-6-22(17(24)12-21)15-4-2-3-14(19)10-15/h2-4,10,13H,5-9,11-12H2,1H3/t13-/m0/s1. The third-order valence-electron chi connectivity index (χ3n) is 4.78. The predicted molar refractivity (Wildman–Crippen MR) is 96.9 cm³/mol. The predicted octanol–water partition coefficient (Wildman–Crippen LogP) is 1.01. The van der Waals surface area contributed by atoms with Crippen molar-refractivity contribution in [2.24, 2.45) is 5.92 Å². The van der Waals surface area contributed by atoms with Gasteiger partial charge in [0.1, 0.15) is 6.54 Å². The highest BCUT2D eigenvalue weighted by Gasteiger charge is 2.38. The number of halogens is 1. The lowest BCUT2D eigenvalue weighted by atomic mass is 10.1. The zero-order valence-corrected chi connectivity index (χ0v) is 15.4. The Balaban J connectivity index is 1.59. The van der Waals surface area contributed by atoms with Crippen LogP contribution in [0.15, 0.2) is 24.3 Å². The maximum atomic E-state index is 12.7. The zero-order chi connectivity index (χ0) is 18.7. The van der Waals surface area contributed by atoms with Gasteiger partial charge in [-0.1, -0.05) is 17.7 Å². The SMILES string of the molecule is COCCN1C[C@@H](C(=O)N2CCN(c3cccc(Cl)c3)C(=O)C2)CC1=O. The third kappa shape index (κ3) is 3.99. The van der Waals surface area contributed by atoms with Gasteiger partial charge in [0.2, 0.25) is 17.7 Å². The number of nitrogens with zero attached hydrogens (tertiary/aromatic N) is 3. The Hall–Kier alpha value is -2.12. The second-order valence-electron chi connectivity index (χ2n) is 6.52. The Morgan fingerprint density at radius 3 is 2.77 bits per heavy atom. The van der Waals surface area contributed by atoms with Gasteiger partial charge >= 0.3 is 0 Å². The van der Waals surface area contributed by atoms with Gasteiger partial charge in [0.15, 0.2) is 0 Å². The number of benzene rings is 1. The highest BCUT2D eigenvalue weighted by molar-refractivity contribution is 6.30. The van der Waals surface area contributed by atoms with Crippen LogP contribution in [0, 0.1) is 5.92 Å². The second kappa shape index (κ2) is 8.05. The first-order valence-electron chi connectivity index (χ1n) is 8.61. The van der Waals surface area contributed by atoms with Crippen molar-refractivity contribution in [2.45, 2.75) is 6.42 Å². The fraction of sp³-hybridized carbons (Fsp3) is 0.500. The first kappa shape index (κ1) is 18.7. The minimum atomic E-state index is -0.384. The Bertz CT molecular complexity index is 711. The molecule has 0 unspecified atom stereocenters. The van der Waals surface area contributed by atoms with Gasteiger partial charge in [0.05, 0.1) is 12.5 Å². The molecule has 2 heterocycles. The zero-order valence-electron chi connectivity index (χ0n) is 14.7. The monoisotopic (exact) mass is 379 g/mol. The number of amides is 3. The Labute approximate surface area is 157 Å². The molecule has 0 aliphatic carbocycles. The van der Waals surface area contributed by atoms with Crippen molar-refractivity contribution < 1.29 is 19.1 Å². The molecule has 1 aromatic rings. The van der Waals surface area contributed by atoms with E-state index in [1.165, 1.54) is 0 Å². The normalized spacial score (nSPS) is 20.8. The molecule has 0 spiro atoms. The van der Waals surface area contributed by atoms with Crippen LogP contribution >= 0.6 is 11.6 Å². The number of methoxy groups -OCH3 is 1. The van der Waals surface area contributed by atoms with Gasteiger partial charge in [-0.25, -0.2) is 0 Å². The van der Waals surface area contributed by atoms with Gasteiger partial charge in [0, 0.05) is 50.4 Å². The summed E-state index contributed by atoms with van der Waals surface area (Å²) in [6.07, 6.45) is 0.200. The number of likely N-dealkylation sites (tertiary alicyclic amines) is 1. The molecule has 1 aromatic carbocycles. The Morgan fingerprint density at radius 2 is 2.08 bits per heavy atom. The molecule has 8 heteroatoms. The molecule has 7 nitrogen and oxygen atoms in total. The summed E-state index contributed by atoms with van der Waals surface area (Å²) in [5.41, 5.74) is 0.733. The topological polar surface area (TPSA) is 70.2 Å². The number of carbonyl (C=O) groups is 3. The van der Waals surface area contributed by atoms with E-state index in [-0.39, 0.29) is 36.6 Å². The van der Waals surface area contributed by atoms with Crippen LogP contribution in [0.2, 0.25) is 5.02 Å². The fourth-order valence-electron chi connectivity index (χ4n) is 3.39. The summed E-state index contributed by atoms with van der Waals surface area (Å²) >= 11 is 5.99. The average Bonchev–Trinajstić information content (AvgIpc) is 3.00. The van der Waals surface area contributed by atoms with Crippen LogP contribution in [-0.2, 0) is 19.1 Å².